The van der Waals surface area contributed by atoms with Crippen LogP contribution in [0.15, 0.2) is 18.2 Å². The number of nitrogen functional groups attached to an aromatic ring is 1. The van der Waals surface area contributed by atoms with Gasteiger partial charge in [0.25, 0.3) is 0 Å². The number of hydrogen-bond acceptors (Lipinski definition) is 2. The monoisotopic (exact) mass is 332 g/mol. The van der Waals surface area contributed by atoms with Gasteiger partial charge in [-0.15, -0.1) is 0 Å². The molecule has 0 fully saturated rings. The van der Waals surface area contributed by atoms with Crippen molar-refractivity contribution in [2.45, 2.75) is 6.61 Å². The van der Waals surface area contributed by atoms with E-state index in [0.717, 1.165) is 5.56 Å². The van der Waals surface area contributed by atoms with Gasteiger partial charge in [0.2, 0.25) is 0 Å². The van der Waals surface area contributed by atoms with E-state index in [1.54, 1.807) is 24.7 Å². The molecule has 0 spiro atoms. The van der Waals surface area contributed by atoms with Crippen LogP contribution in [-0.2, 0) is 6.61 Å². The predicted molar refractivity (Wildman–Crippen MR) is 36.4 cm³/mol. The van der Waals surface area contributed by atoms with E-state index in [0.29, 0.717) is 5.69 Å². The average Bonchev–Trinajstić information content (AvgIpc) is 1.94. The summed E-state index contributed by atoms with van der Waals surface area (Å²) in [7, 11) is 0. The van der Waals surface area contributed by atoms with Gasteiger partial charge in [-0.25, -0.2) is 0 Å². The summed E-state index contributed by atoms with van der Waals surface area (Å²) >= 11 is 1.59. The van der Waals surface area contributed by atoms with Gasteiger partial charge in [-0.3, -0.25) is 0 Å². The van der Waals surface area contributed by atoms with Gasteiger partial charge in [0.1, 0.15) is 0 Å². The maximum atomic E-state index is 8.77. The van der Waals surface area contributed by atoms with Crippen LogP contribution < -0.4 is 9.01 Å². The van der Waals surface area contributed by atoms with Crippen LogP contribution in [0.4, 0.5) is 5.69 Å². The van der Waals surface area contributed by atoms with Gasteiger partial charge in [-0.2, -0.15) is 0 Å². The number of aliphatic hydroxyl groups is 1. The fourth-order valence-electron chi connectivity index (χ4n) is 0.711. The van der Waals surface area contributed by atoms with E-state index in [4.69, 9.17) is 10.8 Å². The van der Waals surface area contributed by atoms with Crippen LogP contribution in [0.2, 0.25) is 0 Å². The van der Waals surface area contributed by atoms with Crippen LogP contribution in [-0.4, -0.2) is 5.11 Å². The molecule has 0 radical (unpaired) electrons. The molecule has 0 aromatic heterocycles. The third-order valence-electron chi connectivity index (χ3n) is 1.28. The number of rotatable bonds is 1. The maximum absolute atomic E-state index is 8.77. The van der Waals surface area contributed by atoms with Gasteiger partial charge in [0, 0.05) is 0 Å². The Hall–Kier alpha value is -0.137. The van der Waals surface area contributed by atoms with E-state index in [1.807, 2.05) is 18.2 Å². The van der Waals surface area contributed by atoms with Crippen LogP contribution in [0.3, 0.4) is 0 Å². The van der Waals surface area contributed by atoms with E-state index >= 15 is 0 Å². The molecule has 10 heavy (non-hydrogen) atoms. The summed E-state index contributed by atoms with van der Waals surface area (Å²) in [6, 6.07) is 5.68. The van der Waals surface area contributed by atoms with Gasteiger partial charge in [-0.05, 0) is 0 Å². The zero-order valence-corrected chi connectivity index (χ0v) is 8.28. The van der Waals surface area contributed by atoms with Crippen LogP contribution in [0.25, 0.3) is 0 Å². The summed E-state index contributed by atoms with van der Waals surface area (Å²) in [4.78, 5) is 0. The van der Waals surface area contributed by atoms with E-state index in [9.17, 15) is 0 Å². The van der Waals surface area contributed by atoms with E-state index < -0.39 is 0 Å². The fourth-order valence-corrected chi connectivity index (χ4v) is 1.47. The predicted octanol–water partition coefficient (Wildman–Crippen LogP) is -0.0643. The molecule has 0 heterocycles. The molecule has 1 aromatic rings. The Bertz CT molecular complexity index is 237. The van der Waals surface area contributed by atoms with E-state index in [-0.39, 0.29) is 6.61 Å². The molecule has 2 nitrogen and oxygen atoms in total. The number of anilines is 1. The van der Waals surface area contributed by atoms with Crippen molar-refractivity contribution < 1.29 is 29.8 Å². The molecule has 0 atom stereocenters. The number of hydrogen-bond donors (Lipinski definition) is 2. The van der Waals surface area contributed by atoms with Crippen LogP contribution in [0.1, 0.15) is 5.56 Å². The Kier molecular flexibility index (Phi) is 2.64. The Morgan fingerprint density at radius 3 is 2.70 bits per heavy atom. The number of benzene rings is 1. The number of nitrogens with two attached hydrogens (primary N) is 1. The quantitative estimate of drug-likeness (QED) is 0.708. The molecular formula is C7H8AtNO. The molecule has 3 heteroatoms. The summed E-state index contributed by atoms with van der Waals surface area (Å²) < 4.78 is 1.18. The first kappa shape index (κ1) is 7.96. The molecule has 0 unspecified atom stereocenters. The minimum atomic E-state index is 0.0302. The first-order chi connectivity index (χ1) is 4.74. The normalized spacial score (nSPS) is 9.80. The Balaban J connectivity index is 3.09. The first-order valence-electron chi connectivity index (χ1n) is 2.89. The van der Waals surface area contributed by atoms with Gasteiger partial charge < -0.3 is 0 Å². The molecule has 0 aliphatic heterocycles. The average molecular weight is 332 g/mol. The standard InChI is InChI=1S/C7H8AtNO/c8-6-1-2-7(9)5(3-6)4-10/h1-3,10H,4,9H2. The third kappa shape index (κ3) is 1.68. The van der Waals surface area contributed by atoms with Crippen LogP contribution in [0, 0.1) is 24.7 Å². The van der Waals surface area contributed by atoms with Crippen LogP contribution in [0.5, 0.6) is 0 Å². The van der Waals surface area contributed by atoms with Crippen molar-refractivity contribution in [3.63, 3.8) is 0 Å². The van der Waals surface area contributed by atoms with Gasteiger partial charge in [-0.1, -0.05) is 0 Å². The van der Waals surface area contributed by atoms with Gasteiger partial charge in [0.15, 0.2) is 0 Å². The third-order valence-corrected chi connectivity index (χ3v) is 2.19. The van der Waals surface area contributed by atoms with Gasteiger partial charge in [0.05, 0.1) is 0 Å². The van der Waals surface area contributed by atoms with Crippen molar-refractivity contribution in [1.29, 1.82) is 0 Å². The van der Waals surface area contributed by atoms with Crippen molar-refractivity contribution in [1.82, 2.24) is 0 Å². The first-order valence-corrected chi connectivity index (χ1v) is 4.35. The Labute approximate surface area is 74.9 Å². The van der Waals surface area contributed by atoms with Crippen molar-refractivity contribution in [3.05, 3.63) is 23.8 Å². The van der Waals surface area contributed by atoms with Crippen LogP contribution >= 0.6 is 0 Å². The second kappa shape index (κ2) is 3.31. The Morgan fingerprint density at radius 2 is 2.20 bits per heavy atom. The second-order valence-corrected chi connectivity index (χ2v) is 3.70. The fraction of sp³-hybridized carbons (Fsp3) is 0.143. The number of aliphatic hydroxyl groups excluding tert-OH is 1. The van der Waals surface area contributed by atoms with Crippen molar-refractivity contribution in [3.8, 4) is 0 Å². The molecule has 0 bridgehead atoms. The molecule has 0 saturated heterocycles. The summed E-state index contributed by atoms with van der Waals surface area (Å²) in [5.74, 6) is 0. The van der Waals surface area contributed by atoms with Crippen molar-refractivity contribution >= 4 is 8.96 Å². The van der Waals surface area contributed by atoms with Crippen molar-refractivity contribution in [2.75, 3.05) is 5.73 Å². The second-order valence-electron chi connectivity index (χ2n) is 2.00. The van der Waals surface area contributed by atoms with E-state index in [2.05, 4.69) is 0 Å². The Morgan fingerprint density at radius 1 is 1.50 bits per heavy atom. The summed E-state index contributed by atoms with van der Waals surface area (Å²) in [5, 5.41) is 8.77. The van der Waals surface area contributed by atoms with Gasteiger partial charge >= 0.3 is 74.9 Å². The van der Waals surface area contributed by atoms with Crippen molar-refractivity contribution in [2.24, 2.45) is 0 Å². The molecule has 3 N–H and O–H groups in total. The zero-order valence-electron chi connectivity index (χ0n) is 5.34. The minimum absolute atomic E-state index is 0.0302. The molecular weight excluding hydrogens is 324 g/mol. The molecule has 1 aromatic carbocycles. The summed E-state index contributed by atoms with van der Waals surface area (Å²) in [5.41, 5.74) is 7.03. The topological polar surface area (TPSA) is 46.2 Å². The molecule has 0 saturated carbocycles. The molecule has 1 rings (SSSR count). The summed E-state index contributed by atoms with van der Waals surface area (Å²) in [6.45, 7) is 0.0302. The van der Waals surface area contributed by atoms with E-state index in [1.165, 1.54) is 3.27 Å². The molecule has 0 amide bonds. The zero-order chi connectivity index (χ0) is 7.56. The molecule has 0 aliphatic rings. The molecule has 54 valence electrons. The SMILES string of the molecule is Nc1ccc([At])cc1CO. The molecule has 0 aliphatic carbocycles. The summed E-state index contributed by atoms with van der Waals surface area (Å²) in [6.07, 6.45) is 0.